The van der Waals surface area contributed by atoms with Crippen LogP contribution in [-0.2, 0) is 11.2 Å². The SMILES string of the molecule is C=CCNC(=O)c1ccccc1NC(=O)CCc1ccc(OC)c(F)c1. The highest BCUT2D eigenvalue weighted by atomic mass is 19.1. The zero-order valence-corrected chi connectivity index (χ0v) is 14.5. The number of benzene rings is 2. The highest BCUT2D eigenvalue weighted by Gasteiger charge is 2.13. The van der Waals surface area contributed by atoms with Gasteiger partial charge >= 0.3 is 0 Å². The van der Waals surface area contributed by atoms with Crippen molar-refractivity contribution in [2.24, 2.45) is 0 Å². The van der Waals surface area contributed by atoms with Crippen LogP contribution < -0.4 is 15.4 Å². The molecule has 0 fully saturated rings. The van der Waals surface area contributed by atoms with Crippen molar-refractivity contribution >= 4 is 17.5 Å². The van der Waals surface area contributed by atoms with Gasteiger partial charge in [-0.15, -0.1) is 6.58 Å². The number of ether oxygens (including phenoxy) is 1. The first kappa shape index (κ1) is 19.2. The summed E-state index contributed by atoms with van der Waals surface area (Å²) >= 11 is 0. The van der Waals surface area contributed by atoms with Crippen LogP contribution in [0.3, 0.4) is 0 Å². The van der Waals surface area contributed by atoms with Crippen LogP contribution in [0.4, 0.5) is 10.1 Å². The van der Waals surface area contributed by atoms with E-state index in [1.807, 2.05) is 0 Å². The Morgan fingerprint density at radius 3 is 2.69 bits per heavy atom. The third kappa shape index (κ3) is 5.17. The average molecular weight is 356 g/mol. The van der Waals surface area contributed by atoms with Crippen LogP contribution in [0, 0.1) is 5.82 Å². The zero-order chi connectivity index (χ0) is 18.9. The molecule has 136 valence electrons. The van der Waals surface area contributed by atoms with E-state index in [2.05, 4.69) is 17.2 Å². The number of aryl methyl sites for hydroxylation is 1. The van der Waals surface area contributed by atoms with E-state index in [1.54, 1.807) is 36.4 Å². The van der Waals surface area contributed by atoms with Gasteiger partial charge in [0.1, 0.15) is 0 Å². The molecule has 0 spiro atoms. The number of hydrogen-bond acceptors (Lipinski definition) is 3. The average Bonchev–Trinajstić information content (AvgIpc) is 2.65. The molecule has 0 saturated heterocycles. The Bertz CT molecular complexity index is 805. The molecule has 2 aromatic rings. The third-order valence-corrected chi connectivity index (χ3v) is 3.71. The van der Waals surface area contributed by atoms with Crippen molar-refractivity contribution in [1.29, 1.82) is 0 Å². The molecule has 0 aliphatic carbocycles. The van der Waals surface area contributed by atoms with Crippen molar-refractivity contribution in [1.82, 2.24) is 5.32 Å². The first-order valence-electron chi connectivity index (χ1n) is 8.15. The molecule has 0 radical (unpaired) electrons. The van der Waals surface area contributed by atoms with Gasteiger partial charge in [-0.2, -0.15) is 0 Å². The first-order chi connectivity index (χ1) is 12.5. The van der Waals surface area contributed by atoms with Crippen molar-refractivity contribution in [3.8, 4) is 5.75 Å². The summed E-state index contributed by atoms with van der Waals surface area (Å²) in [6.45, 7) is 3.89. The molecule has 0 aliphatic heterocycles. The lowest BCUT2D eigenvalue weighted by Gasteiger charge is -2.11. The lowest BCUT2D eigenvalue weighted by atomic mass is 10.1. The maximum atomic E-state index is 13.7. The van der Waals surface area contributed by atoms with Crippen molar-refractivity contribution < 1.29 is 18.7 Å². The van der Waals surface area contributed by atoms with Crippen molar-refractivity contribution in [3.05, 3.63) is 72.1 Å². The molecule has 6 heteroatoms. The van der Waals surface area contributed by atoms with Crippen LogP contribution in [0.25, 0.3) is 0 Å². The van der Waals surface area contributed by atoms with Gasteiger partial charge in [0.15, 0.2) is 11.6 Å². The second-order valence-electron chi connectivity index (χ2n) is 5.56. The van der Waals surface area contributed by atoms with E-state index < -0.39 is 5.82 Å². The molecule has 0 saturated carbocycles. The number of carbonyl (C=O) groups is 2. The van der Waals surface area contributed by atoms with Crippen LogP contribution in [-0.4, -0.2) is 25.5 Å². The third-order valence-electron chi connectivity index (χ3n) is 3.71. The lowest BCUT2D eigenvalue weighted by molar-refractivity contribution is -0.116. The van der Waals surface area contributed by atoms with E-state index in [4.69, 9.17) is 4.74 Å². The van der Waals surface area contributed by atoms with Crippen LogP contribution >= 0.6 is 0 Å². The van der Waals surface area contributed by atoms with Gasteiger partial charge in [-0.25, -0.2) is 4.39 Å². The summed E-state index contributed by atoms with van der Waals surface area (Å²) in [5.41, 5.74) is 1.49. The molecule has 0 aromatic heterocycles. The van der Waals surface area contributed by atoms with E-state index in [0.717, 1.165) is 0 Å². The number of anilines is 1. The summed E-state index contributed by atoms with van der Waals surface area (Å²) in [6.07, 6.45) is 2.11. The summed E-state index contributed by atoms with van der Waals surface area (Å²) in [4.78, 5) is 24.3. The lowest BCUT2D eigenvalue weighted by Crippen LogP contribution is -2.25. The number of carbonyl (C=O) groups excluding carboxylic acids is 2. The van der Waals surface area contributed by atoms with Crippen LogP contribution in [0.15, 0.2) is 55.1 Å². The standard InChI is InChI=1S/C20H21FN2O3/c1-3-12-22-20(25)15-6-4-5-7-17(15)23-19(24)11-9-14-8-10-18(26-2)16(21)13-14/h3-8,10,13H,1,9,11-12H2,2H3,(H,22,25)(H,23,24). The summed E-state index contributed by atoms with van der Waals surface area (Å²) in [6, 6.07) is 11.3. The smallest absolute Gasteiger partial charge is 0.253 e. The Morgan fingerprint density at radius 2 is 2.00 bits per heavy atom. The van der Waals surface area contributed by atoms with Gasteiger partial charge in [0.05, 0.1) is 18.4 Å². The number of hydrogen-bond donors (Lipinski definition) is 2. The number of para-hydroxylation sites is 1. The first-order valence-corrected chi connectivity index (χ1v) is 8.15. The van der Waals surface area contributed by atoms with E-state index in [1.165, 1.54) is 19.2 Å². The summed E-state index contributed by atoms with van der Waals surface area (Å²) < 4.78 is 18.6. The maximum absolute atomic E-state index is 13.7. The number of rotatable bonds is 8. The molecular weight excluding hydrogens is 335 g/mol. The van der Waals surface area contributed by atoms with E-state index in [9.17, 15) is 14.0 Å². The zero-order valence-electron chi connectivity index (χ0n) is 14.5. The molecule has 0 aliphatic rings. The highest BCUT2D eigenvalue weighted by molar-refractivity contribution is 6.03. The molecule has 0 unspecified atom stereocenters. The van der Waals surface area contributed by atoms with Crippen molar-refractivity contribution in [3.63, 3.8) is 0 Å². The fraction of sp³-hybridized carbons (Fsp3) is 0.200. The summed E-state index contributed by atoms with van der Waals surface area (Å²) in [5, 5.41) is 5.41. The van der Waals surface area contributed by atoms with Gasteiger partial charge in [0.25, 0.3) is 5.91 Å². The Kier molecular flexibility index (Phi) is 6.91. The van der Waals surface area contributed by atoms with Crippen LogP contribution in [0.1, 0.15) is 22.3 Å². The quantitative estimate of drug-likeness (QED) is 0.713. The van der Waals surface area contributed by atoms with Gasteiger partial charge < -0.3 is 15.4 Å². The molecule has 0 bridgehead atoms. The second-order valence-corrected chi connectivity index (χ2v) is 5.56. The van der Waals surface area contributed by atoms with Gasteiger partial charge in [-0.3, -0.25) is 9.59 Å². The minimum Gasteiger partial charge on any atom is -0.494 e. The Labute approximate surface area is 151 Å². The second kappa shape index (κ2) is 9.36. The summed E-state index contributed by atoms with van der Waals surface area (Å²) in [7, 11) is 1.40. The Morgan fingerprint density at radius 1 is 1.23 bits per heavy atom. The number of nitrogens with one attached hydrogen (secondary N) is 2. The van der Waals surface area contributed by atoms with E-state index in [0.29, 0.717) is 29.8 Å². The summed E-state index contributed by atoms with van der Waals surface area (Å²) in [5.74, 6) is -0.851. The van der Waals surface area contributed by atoms with Gasteiger partial charge in [-0.1, -0.05) is 24.3 Å². The van der Waals surface area contributed by atoms with Crippen LogP contribution in [0.5, 0.6) is 5.75 Å². The monoisotopic (exact) mass is 356 g/mol. The predicted molar refractivity (Wildman–Crippen MR) is 98.9 cm³/mol. The molecule has 26 heavy (non-hydrogen) atoms. The fourth-order valence-electron chi connectivity index (χ4n) is 2.39. The molecule has 2 aromatic carbocycles. The van der Waals surface area contributed by atoms with E-state index in [-0.39, 0.29) is 24.0 Å². The van der Waals surface area contributed by atoms with Crippen molar-refractivity contribution in [2.75, 3.05) is 19.0 Å². The molecule has 0 heterocycles. The molecule has 5 nitrogen and oxygen atoms in total. The normalized spacial score (nSPS) is 10.1. The highest BCUT2D eigenvalue weighted by Crippen LogP contribution is 2.19. The van der Waals surface area contributed by atoms with Gasteiger partial charge in [-0.05, 0) is 36.2 Å². The van der Waals surface area contributed by atoms with Crippen LogP contribution in [0.2, 0.25) is 0 Å². The molecule has 0 atom stereocenters. The largest absolute Gasteiger partial charge is 0.494 e. The topological polar surface area (TPSA) is 67.4 Å². The predicted octanol–water partition coefficient (Wildman–Crippen LogP) is 3.32. The number of amides is 2. The maximum Gasteiger partial charge on any atom is 0.253 e. The van der Waals surface area contributed by atoms with Gasteiger partial charge in [0, 0.05) is 13.0 Å². The molecule has 2 rings (SSSR count). The van der Waals surface area contributed by atoms with Gasteiger partial charge in [0.2, 0.25) is 5.91 Å². The Hall–Kier alpha value is -3.15. The van der Waals surface area contributed by atoms with E-state index >= 15 is 0 Å². The fourth-order valence-corrected chi connectivity index (χ4v) is 2.39. The molecule has 2 N–H and O–H groups in total. The number of methoxy groups -OCH3 is 1. The van der Waals surface area contributed by atoms with Crippen molar-refractivity contribution in [2.45, 2.75) is 12.8 Å². The minimum atomic E-state index is -0.463. The molecule has 2 amide bonds. The molecular formula is C20H21FN2O3. The Balaban J connectivity index is 1.98. The number of halogens is 1. The minimum absolute atomic E-state index is 0.161.